The minimum atomic E-state index is -0.973. The van der Waals surface area contributed by atoms with Gasteiger partial charge in [0.1, 0.15) is 0 Å². The van der Waals surface area contributed by atoms with E-state index in [4.69, 9.17) is 5.11 Å². The average Bonchev–Trinajstić information content (AvgIpc) is 2.14. The molecule has 0 radical (unpaired) electrons. The highest BCUT2D eigenvalue weighted by atomic mass is 16.4. The molecular formula is C10H18N2O3. The van der Waals surface area contributed by atoms with Crippen molar-refractivity contribution >= 4 is 11.9 Å². The number of nitrogens with zero attached hydrogens (tertiary/aromatic N) is 1. The Balaban J connectivity index is 3.68. The first-order valence-corrected chi connectivity index (χ1v) is 4.91. The van der Waals surface area contributed by atoms with Gasteiger partial charge in [-0.3, -0.25) is 9.69 Å². The number of carbonyl (C=O) groups is 2. The Morgan fingerprint density at radius 2 is 2.13 bits per heavy atom. The summed E-state index contributed by atoms with van der Waals surface area (Å²) in [6.07, 6.45) is 3.49. The highest BCUT2D eigenvalue weighted by molar-refractivity contribution is 5.80. The van der Waals surface area contributed by atoms with E-state index in [-0.39, 0.29) is 12.5 Å². The fourth-order valence-corrected chi connectivity index (χ4v) is 0.963. The van der Waals surface area contributed by atoms with E-state index in [1.807, 2.05) is 6.92 Å². The molecule has 5 heteroatoms. The number of rotatable bonds is 7. The molecule has 0 aliphatic heterocycles. The molecule has 0 aliphatic rings. The summed E-state index contributed by atoms with van der Waals surface area (Å²) in [6.45, 7) is 3.40. The van der Waals surface area contributed by atoms with Crippen molar-refractivity contribution in [3.63, 3.8) is 0 Å². The molecule has 0 saturated carbocycles. The Morgan fingerprint density at radius 3 is 2.67 bits per heavy atom. The fourth-order valence-electron chi connectivity index (χ4n) is 0.963. The maximum Gasteiger partial charge on any atom is 0.328 e. The molecule has 2 N–H and O–H groups in total. The van der Waals surface area contributed by atoms with Crippen LogP contribution >= 0.6 is 0 Å². The van der Waals surface area contributed by atoms with Gasteiger partial charge in [-0.2, -0.15) is 0 Å². The summed E-state index contributed by atoms with van der Waals surface area (Å²) >= 11 is 0. The van der Waals surface area contributed by atoms with Gasteiger partial charge < -0.3 is 10.4 Å². The summed E-state index contributed by atoms with van der Waals surface area (Å²) in [5.41, 5.74) is 0. The van der Waals surface area contributed by atoms with E-state index in [0.717, 1.165) is 12.5 Å². The minimum absolute atomic E-state index is 0.0388. The Bertz CT molecular complexity index is 239. The standard InChI is InChI=1S/C10H18N2O3/c1-3-6-11-9(13)8-12(2)7-4-5-10(14)15/h4-5H,3,6-8H2,1-2H3,(H,11,13)(H,14,15). The zero-order valence-electron chi connectivity index (χ0n) is 9.19. The zero-order valence-corrected chi connectivity index (χ0v) is 9.19. The summed E-state index contributed by atoms with van der Waals surface area (Å²) in [5.74, 6) is -1.01. The quantitative estimate of drug-likeness (QED) is 0.589. The van der Waals surface area contributed by atoms with Crippen LogP contribution in [0.4, 0.5) is 0 Å². The molecule has 0 rings (SSSR count). The molecule has 0 atom stereocenters. The first kappa shape index (κ1) is 13.6. The van der Waals surface area contributed by atoms with Crippen LogP contribution in [0.15, 0.2) is 12.2 Å². The zero-order chi connectivity index (χ0) is 11.7. The summed E-state index contributed by atoms with van der Waals surface area (Å²) in [5, 5.41) is 11.1. The van der Waals surface area contributed by atoms with Crippen LogP contribution in [0.5, 0.6) is 0 Å². The fraction of sp³-hybridized carbons (Fsp3) is 0.600. The van der Waals surface area contributed by atoms with Crippen LogP contribution < -0.4 is 5.32 Å². The van der Waals surface area contributed by atoms with Crippen molar-refractivity contribution in [3.05, 3.63) is 12.2 Å². The molecular weight excluding hydrogens is 196 g/mol. The number of hydrogen-bond acceptors (Lipinski definition) is 3. The lowest BCUT2D eigenvalue weighted by atomic mass is 10.4. The second kappa shape index (κ2) is 7.99. The monoisotopic (exact) mass is 214 g/mol. The highest BCUT2D eigenvalue weighted by Crippen LogP contribution is 1.84. The van der Waals surface area contributed by atoms with Gasteiger partial charge in [-0.25, -0.2) is 4.79 Å². The number of aliphatic carboxylic acids is 1. The molecule has 0 aromatic rings. The van der Waals surface area contributed by atoms with Crippen molar-refractivity contribution in [1.82, 2.24) is 10.2 Å². The normalized spacial score (nSPS) is 10.9. The minimum Gasteiger partial charge on any atom is -0.478 e. The number of likely N-dealkylation sites (N-methyl/N-ethyl adjacent to an activating group) is 1. The van der Waals surface area contributed by atoms with Crippen molar-refractivity contribution in [2.45, 2.75) is 13.3 Å². The number of hydrogen-bond donors (Lipinski definition) is 2. The summed E-state index contributed by atoms with van der Waals surface area (Å²) in [6, 6.07) is 0. The molecule has 0 saturated heterocycles. The lowest BCUT2D eigenvalue weighted by Crippen LogP contribution is -2.35. The number of carboxylic acid groups (broad SMARTS) is 1. The van der Waals surface area contributed by atoms with E-state index in [9.17, 15) is 9.59 Å². The van der Waals surface area contributed by atoms with Crippen molar-refractivity contribution in [2.24, 2.45) is 0 Å². The molecule has 0 aromatic heterocycles. The maximum atomic E-state index is 11.2. The molecule has 0 aromatic carbocycles. The average molecular weight is 214 g/mol. The Hall–Kier alpha value is -1.36. The van der Waals surface area contributed by atoms with Crippen molar-refractivity contribution in [2.75, 3.05) is 26.7 Å². The summed E-state index contributed by atoms with van der Waals surface area (Å²) in [4.78, 5) is 23.1. The molecule has 0 heterocycles. The Kier molecular flexibility index (Phi) is 7.27. The molecule has 86 valence electrons. The number of carboxylic acids is 1. The molecule has 0 unspecified atom stereocenters. The topological polar surface area (TPSA) is 69.6 Å². The van der Waals surface area contributed by atoms with Gasteiger partial charge in [-0.1, -0.05) is 13.0 Å². The first-order valence-electron chi connectivity index (χ1n) is 4.91. The van der Waals surface area contributed by atoms with Crippen LogP contribution in [0.3, 0.4) is 0 Å². The van der Waals surface area contributed by atoms with Crippen LogP contribution in [0, 0.1) is 0 Å². The van der Waals surface area contributed by atoms with E-state index >= 15 is 0 Å². The molecule has 0 bridgehead atoms. The van der Waals surface area contributed by atoms with E-state index in [2.05, 4.69) is 5.32 Å². The van der Waals surface area contributed by atoms with Gasteiger partial charge in [0.15, 0.2) is 0 Å². The van der Waals surface area contributed by atoms with Crippen LogP contribution in [0.1, 0.15) is 13.3 Å². The van der Waals surface area contributed by atoms with E-state index in [1.165, 1.54) is 6.08 Å². The van der Waals surface area contributed by atoms with E-state index < -0.39 is 5.97 Å². The third kappa shape index (κ3) is 8.96. The lowest BCUT2D eigenvalue weighted by molar-refractivity contribution is -0.131. The maximum absolute atomic E-state index is 11.2. The third-order valence-corrected chi connectivity index (χ3v) is 1.66. The van der Waals surface area contributed by atoms with E-state index in [0.29, 0.717) is 13.1 Å². The van der Waals surface area contributed by atoms with Gasteiger partial charge in [0.05, 0.1) is 6.54 Å². The molecule has 5 nitrogen and oxygen atoms in total. The van der Waals surface area contributed by atoms with Gasteiger partial charge in [0, 0.05) is 19.2 Å². The van der Waals surface area contributed by atoms with Crippen LogP contribution in [0.25, 0.3) is 0 Å². The van der Waals surface area contributed by atoms with Crippen molar-refractivity contribution in [1.29, 1.82) is 0 Å². The third-order valence-electron chi connectivity index (χ3n) is 1.66. The SMILES string of the molecule is CCCNC(=O)CN(C)CC=CC(=O)O. The largest absolute Gasteiger partial charge is 0.478 e. The van der Waals surface area contributed by atoms with Gasteiger partial charge in [-0.05, 0) is 13.5 Å². The molecule has 15 heavy (non-hydrogen) atoms. The summed E-state index contributed by atoms with van der Waals surface area (Å²) < 4.78 is 0. The molecule has 0 fully saturated rings. The number of carbonyl (C=O) groups excluding carboxylic acids is 1. The lowest BCUT2D eigenvalue weighted by Gasteiger charge is -2.13. The molecule has 1 amide bonds. The van der Waals surface area contributed by atoms with Crippen LogP contribution in [-0.2, 0) is 9.59 Å². The van der Waals surface area contributed by atoms with E-state index in [1.54, 1.807) is 11.9 Å². The predicted octanol–water partition coefficient (Wildman–Crippen LogP) is 0.0852. The van der Waals surface area contributed by atoms with Crippen LogP contribution in [0.2, 0.25) is 0 Å². The molecule has 0 aliphatic carbocycles. The van der Waals surface area contributed by atoms with Gasteiger partial charge in [0.2, 0.25) is 5.91 Å². The van der Waals surface area contributed by atoms with Gasteiger partial charge in [0.25, 0.3) is 0 Å². The Labute approximate surface area is 89.8 Å². The summed E-state index contributed by atoms with van der Waals surface area (Å²) in [7, 11) is 1.76. The van der Waals surface area contributed by atoms with Crippen molar-refractivity contribution in [3.8, 4) is 0 Å². The smallest absolute Gasteiger partial charge is 0.328 e. The van der Waals surface area contributed by atoms with Gasteiger partial charge in [-0.15, -0.1) is 0 Å². The second-order valence-corrected chi connectivity index (χ2v) is 3.29. The van der Waals surface area contributed by atoms with Crippen molar-refractivity contribution < 1.29 is 14.7 Å². The van der Waals surface area contributed by atoms with Gasteiger partial charge >= 0.3 is 5.97 Å². The first-order chi connectivity index (χ1) is 7.06. The number of nitrogens with one attached hydrogen (secondary N) is 1. The highest BCUT2D eigenvalue weighted by Gasteiger charge is 2.03. The second-order valence-electron chi connectivity index (χ2n) is 3.29. The molecule has 0 spiro atoms. The number of amides is 1. The van der Waals surface area contributed by atoms with Crippen LogP contribution in [-0.4, -0.2) is 48.6 Å². The predicted molar refractivity (Wildman–Crippen MR) is 57.6 cm³/mol. The Morgan fingerprint density at radius 1 is 1.47 bits per heavy atom.